The van der Waals surface area contributed by atoms with Crippen LogP contribution in [-0.2, 0) is 0 Å². The van der Waals surface area contributed by atoms with Crippen LogP contribution in [0.5, 0.6) is 5.75 Å². The van der Waals surface area contributed by atoms with E-state index in [-0.39, 0.29) is 0 Å². The molecule has 4 nitrogen and oxygen atoms in total. The van der Waals surface area contributed by atoms with E-state index in [1.807, 2.05) is 0 Å². The lowest BCUT2D eigenvalue weighted by Crippen LogP contribution is -2.25. The van der Waals surface area contributed by atoms with Crippen LogP contribution in [0.3, 0.4) is 0 Å². The number of fused-ring (bicyclic) bond motifs is 1. The highest BCUT2D eigenvalue weighted by Gasteiger charge is 2.46. The number of likely N-dealkylation sites (tertiary alicyclic amines) is 1. The predicted molar refractivity (Wildman–Crippen MR) is 73.2 cm³/mol. The molecular weight excluding hydrogens is 240 g/mol. The van der Waals surface area contributed by atoms with Crippen LogP contribution in [-0.4, -0.2) is 36.5 Å². The molecule has 4 heteroatoms. The van der Waals surface area contributed by atoms with Gasteiger partial charge in [0.2, 0.25) is 5.91 Å². The van der Waals surface area contributed by atoms with E-state index in [1.54, 1.807) is 24.3 Å². The summed E-state index contributed by atoms with van der Waals surface area (Å²) >= 11 is 0. The topological polar surface area (TPSA) is 55.6 Å². The molecule has 3 rings (SSSR count). The number of piperidine rings is 1. The van der Waals surface area contributed by atoms with Gasteiger partial charge in [-0.1, -0.05) is 0 Å². The highest BCUT2D eigenvalue weighted by Crippen LogP contribution is 2.44. The number of carbonyl (C=O) groups is 1. The molecule has 2 N–H and O–H groups in total. The van der Waals surface area contributed by atoms with Crippen molar-refractivity contribution in [2.75, 3.05) is 19.7 Å². The van der Waals surface area contributed by atoms with Crippen molar-refractivity contribution >= 4 is 5.91 Å². The van der Waals surface area contributed by atoms with Crippen LogP contribution in [0.2, 0.25) is 0 Å². The van der Waals surface area contributed by atoms with Crippen LogP contribution >= 0.6 is 0 Å². The van der Waals surface area contributed by atoms with Gasteiger partial charge in [0, 0.05) is 18.2 Å². The van der Waals surface area contributed by atoms with Crippen molar-refractivity contribution in [1.29, 1.82) is 0 Å². The van der Waals surface area contributed by atoms with Crippen LogP contribution in [0.1, 0.15) is 29.6 Å². The Labute approximate surface area is 113 Å². The number of amides is 1. The third-order valence-corrected chi connectivity index (χ3v) is 4.14. The zero-order chi connectivity index (χ0) is 13.2. The van der Waals surface area contributed by atoms with Crippen LogP contribution in [0.15, 0.2) is 24.3 Å². The third-order valence-electron chi connectivity index (χ3n) is 4.14. The SMILES string of the molecule is NC(=O)c1ccc(OCCCN2CCC3CC32)cc1. The first kappa shape index (κ1) is 12.5. The second-order valence-corrected chi connectivity index (χ2v) is 5.48. The van der Waals surface area contributed by atoms with Gasteiger partial charge in [-0.2, -0.15) is 0 Å². The van der Waals surface area contributed by atoms with E-state index >= 15 is 0 Å². The predicted octanol–water partition coefficient (Wildman–Crippen LogP) is 1.65. The fourth-order valence-corrected chi connectivity index (χ4v) is 2.94. The molecule has 1 aromatic carbocycles. The number of hydrogen-bond donors (Lipinski definition) is 1. The molecule has 1 amide bonds. The van der Waals surface area contributed by atoms with Crippen molar-refractivity contribution in [2.45, 2.75) is 25.3 Å². The van der Waals surface area contributed by atoms with Crippen molar-refractivity contribution in [3.63, 3.8) is 0 Å². The van der Waals surface area contributed by atoms with Crippen molar-refractivity contribution < 1.29 is 9.53 Å². The summed E-state index contributed by atoms with van der Waals surface area (Å²) in [5, 5.41) is 0. The zero-order valence-corrected chi connectivity index (χ0v) is 11.0. The standard InChI is InChI=1S/C15H20N2O2/c16-15(18)11-2-4-13(5-3-11)19-9-1-7-17-8-6-12-10-14(12)17/h2-5,12,14H,1,6-10H2,(H2,16,18). The molecule has 0 spiro atoms. The molecule has 102 valence electrons. The Kier molecular flexibility index (Phi) is 3.42. The molecule has 1 aromatic rings. The van der Waals surface area contributed by atoms with Gasteiger partial charge in [0.25, 0.3) is 0 Å². The molecule has 0 radical (unpaired) electrons. The number of hydrogen-bond acceptors (Lipinski definition) is 3. The monoisotopic (exact) mass is 260 g/mol. The van der Waals surface area contributed by atoms with Gasteiger partial charge in [-0.3, -0.25) is 9.69 Å². The molecule has 2 atom stereocenters. The Morgan fingerprint density at radius 1 is 1.37 bits per heavy atom. The summed E-state index contributed by atoms with van der Waals surface area (Å²) in [5.74, 6) is 1.40. The molecule has 2 unspecified atom stereocenters. The number of primary amides is 1. The van der Waals surface area contributed by atoms with Gasteiger partial charge in [0.05, 0.1) is 6.61 Å². The van der Waals surface area contributed by atoms with Gasteiger partial charge < -0.3 is 10.5 Å². The first-order valence-electron chi connectivity index (χ1n) is 7.01. The minimum absolute atomic E-state index is 0.403. The largest absolute Gasteiger partial charge is 0.494 e. The number of carbonyl (C=O) groups excluding carboxylic acids is 1. The minimum atomic E-state index is -0.403. The lowest BCUT2D eigenvalue weighted by Gasteiger charge is -2.17. The Hall–Kier alpha value is -1.55. The van der Waals surface area contributed by atoms with E-state index in [1.165, 1.54) is 19.4 Å². The van der Waals surface area contributed by atoms with Crippen LogP contribution in [0, 0.1) is 5.92 Å². The molecule has 1 saturated heterocycles. The van der Waals surface area contributed by atoms with E-state index in [0.717, 1.165) is 37.3 Å². The summed E-state index contributed by atoms with van der Waals surface area (Å²) in [5.41, 5.74) is 5.70. The molecule has 2 fully saturated rings. The summed E-state index contributed by atoms with van der Waals surface area (Å²) in [4.78, 5) is 13.5. The molecule has 19 heavy (non-hydrogen) atoms. The Balaban J connectivity index is 1.38. The third kappa shape index (κ3) is 2.89. The first-order valence-corrected chi connectivity index (χ1v) is 7.01. The smallest absolute Gasteiger partial charge is 0.248 e. The van der Waals surface area contributed by atoms with Crippen LogP contribution in [0.4, 0.5) is 0 Å². The highest BCUT2D eigenvalue weighted by atomic mass is 16.5. The maximum absolute atomic E-state index is 10.9. The number of ether oxygens (including phenoxy) is 1. The number of rotatable bonds is 6. The van der Waals surface area contributed by atoms with E-state index < -0.39 is 5.91 Å². The molecule has 1 heterocycles. The van der Waals surface area contributed by atoms with Crippen LogP contribution < -0.4 is 10.5 Å². The van der Waals surface area contributed by atoms with Gasteiger partial charge in [0.15, 0.2) is 0 Å². The lowest BCUT2D eigenvalue weighted by atomic mass is 10.2. The van der Waals surface area contributed by atoms with Gasteiger partial charge in [-0.15, -0.1) is 0 Å². The average Bonchev–Trinajstić information content (AvgIpc) is 3.09. The lowest BCUT2D eigenvalue weighted by molar-refractivity contribution is 0.100. The van der Waals surface area contributed by atoms with Crippen molar-refractivity contribution in [1.82, 2.24) is 4.90 Å². The quantitative estimate of drug-likeness (QED) is 0.791. The molecule has 2 aliphatic rings. The van der Waals surface area contributed by atoms with Gasteiger partial charge >= 0.3 is 0 Å². The van der Waals surface area contributed by atoms with Crippen molar-refractivity contribution in [3.05, 3.63) is 29.8 Å². The summed E-state index contributed by atoms with van der Waals surface area (Å²) in [6.07, 6.45) is 3.86. The number of nitrogens with two attached hydrogens (primary N) is 1. The molecule has 0 bridgehead atoms. The summed E-state index contributed by atoms with van der Waals surface area (Å²) in [7, 11) is 0. The second kappa shape index (κ2) is 5.21. The average molecular weight is 260 g/mol. The fourth-order valence-electron chi connectivity index (χ4n) is 2.94. The highest BCUT2D eigenvalue weighted by molar-refractivity contribution is 5.92. The zero-order valence-electron chi connectivity index (χ0n) is 11.0. The van der Waals surface area contributed by atoms with E-state index in [2.05, 4.69) is 4.90 Å². The van der Waals surface area contributed by atoms with Gasteiger partial charge in [-0.05, 0) is 56.0 Å². The summed E-state index contributed by atoms with van der Waals surface area (Å²) in [6, 6.07) is 7.88. The van der Waals surface area contributed by atoms with Crippen molar-refractivity contribution in [2.24, 2.45) is 11.7 Å². The molecule has 1 aliphatic heterocycles. The molecule has 0 aromatic heterocycles. The second-order valence-electron chi connectivity index (χ2n) is 5.48. The number of benzene rings is 1. The normalized spacial score (nSPS) is 25.1. The van der Waals surface area contributed by atoms with E-state index in [4.69, 9.17) is 10.5 Å². The van der Waals surface area contributed by atoms with Gasteiger partial charge in [0.1, 0.15) is 5.75 Å². The minimum Gasteiger partial charge on any atom is -0.494 e. The maximum Gasteiger partial charge on any atom is 0.248 e. The Morgan fingerprint density at radius 2 is 2.16 bits per heavy atom. The molecular formula is C15H20N2O2. The summed E-state index contributed by atoms with van der Waals surface area (Å²) < 4.78 is 5.67. The summed E-state index contributed by atoms with van der Waals surface area (Å²) in [6.45, 7) is 3.13. The maximum atomic E-state index is 10.9. The van der Waals surface area contributed by atoms with Gasteiger partial charge in [-0.25, -0.2) is 0 Å². The first-order chi connectivity index (χ1) is 9.24. The van der Waals surface area contributed by atoms with E-state index in [9.17, 15) is 4.79 Å². The molecule has 1 aliphatic carbocycles. The Morgan fingerprint density at radius 3 is 2.74 bits per heavy atom. The number of nitrogens with zero attached hydrogens (tertiary/aromatic N) is 1. The van der Waals surface area contributed by atoms with Crippen molar-refractivity contribution in [3.8, 4) is 5.75 Å². The fraction of sp³-hybridized carbons (Fsp3) is 0.533. The molecule has 1 saturated carbocycles. The Bertz CT molecular complexity index is 458. The van der Waals surface area contributed by atoms with E-state index in [0.29, 0.717) is 5.56 Å². The van der Waals surface area contributed by atoms with Crippen LogP contribution in [0.25, 0.3) is 0 Å².